The number of hydrogen-bond acceptors (Lipinski definition) is 2. The Kier molecular flexibility index (Phi) is 3.23. The standard InChI is InChI=1S/C10H15NO/c1-8(2)10(12-3)9-5-4-6-11-7-9/h4-8,10H,1-3H3. The Hall–Kier alpha value is -0.890. The molecule has 0 saturated heterocycles. The summed E-state index contributed by atoms with van der Waals surface area (Å²) in [7, 11) is 1.73. The molecule has 0 aromatic carbocycles. The summed E-state index contributed by atoms with van der Waals surface area (Å²) in [5.41, 5.74) is 1.15. The first-order chi connectivity index (χ1) is 5.75. The Balaban J connectivity index is 2.80. The molecule has 12 heavy (non-hydrogen) atoms. The van der Waals surface area contributed by atoms with E-state index in [1.165, 1.54) is 0 Å². The first-order valence-electron chi connectivity index (χ1n) is 4.18. The van der Waals surface area contributed by atoms with Gasteiger partial charge in [0, 0.05) is 19.5 Å². The van der Waals surface area contributed by atoms with Crippen molar-refractivity contribution in [2.24, 2.45) is 5.92 Å². The molecule has 2 heteroatoms. The molecule has 0 N–H and O–H groups in total. The lowest BCUT2D eigenvalue weighted by Gasteiger charge is -2.18. The summed E-state index contributed by atoms with van der Waals surface area (Å²) in [5.74, 6) is 0.485. The molecule has 1 heterocycles. The van der Waals surface area contributed by atoms with Crippen LogP contribution in [0.4, 0.5) is 0 Å². The highest BCUT2D eigenvalue weighted by atomic mass is 16.5. The van der Waals surface area contributed by atoms with Gasteiger partial charge in [0.05, 0.1) is 6.10 Å². The summed E-state index contributed by atoms with van der Waals surface area (Å²) >= 11 is 0. The summed E-state index contributed by atoms with van der Waals surface area (Å²) in [6.07, 6.45) is 3.80. The van der Waals surface area contributed by atoms with Gasteiger partial charge in [-0.1, -0.05) is 19.9 Å². The molecule has 66 valence electrons. The van der Waals surface area contributed by atoms with Gasteiger partial charge in [-0.15, -0.1) is 0 Å². The number of pyridine rings is 1. The van der Waals surface area contributed by atoms with Crippen molar-refractivity contribution in [3.05, 3.63) is 30.1 Å². The highest BCUT2D eigenvalue weighted by Gasteiger charge is 2.13. The Labute approximate surface area is 73.6 Å². The molecule has 0 spiro atoms. The van der Waals surface area contributed by atoms with Gasteiger partial charge in [0.2, 0.25) is 0 Å². The van der Waals surface area contributed by atoms with Crippen LogP contribution in [0.3, 0.4) is 0 Å². The van der Waals surface area contributed by atoms with E-state index >= 15 is 0 Å². The van der Waals surface area contributed by atoms with Crippen molar-refractivity contribution < 1.29 is 4.74 Å². The van der Waals surface area contributed by atoms with Crippen molar-refractivity contribution in [1.82, 2.24) is 4.98 Å². The molecule has 0 aliphatic heterocycles. The molecular formula is C10H15NO. The Bertz CT molecular complexity index is 221. The smallest absolute Gasteiger partial charge is 0.0858 e. The van der Waals surface area contributed by atoms with Crippen LogP contribution < -0.4 is 0 Å². The van der Waals surface area contributed by atoms with Crippen LogP contribution in [-0.4, -0.2) is 12.1 Å². The van der Waals surface area contributed by atoms with E-state index in [0.717, 1.165) is 5.56 Å². The second-order valence-electron chi connectivity index (χ2n) is 3.19. The molecule has 0 radical (unpaired) electrons. The van der Waals surface area contributed by atoms with Gasteiger partial charge in [0.1, 0.15) is 0 Å². The van der Waals surface area contributed by atoms with Crippen molar-refractivity contribution in [2.45, 2.75) is 20.0 Å². The largest absolute Gasteiger partial charge is 0.376 e. The average Bonchev–Trinajstić information content (AvgIpc) is 2.07. The Morgan fingerprint density at radius 1 is 1.42 bits per heavy atom. The van der Waals surface area contributed by atoms with E-state index in [2.05, 4.69) is 18.8 Å². The van der Waals surface area contributed by atoms with Gasteiger partial charge in [0.15, 0.2) is 0 Å². The fraction of sp³-hybridized carbons (Fsp3) is 0.500. The van der Waals surface area contributed by atoms with E-state index < -0.39 is 0 Å². The summed E-state index contributed by atoms with van der Waals surface area (Å²) in [5, 5.41) is 0. The molecule has 1 unspecified atom stereocenters. The highest BCUT2D eigenvalue weighted by molar-refractivity contribution is 5.12. The predicted octanol–water partition coefficient (Wildman–Crippen LogP) is 2.43. The molecule has 0 amide bonds. The molecule has 1 atom stereocenters. The number of nitrogens with zero attached hydrogens (tertiary/aromatic N) is 1. The highest BCUT2D eigenvalue weighted by Crippen LogP contribution is 2.23. The third kappa shape index (κ3) is 2.05. The number of ether oxygens (including phenoxy) is 1. The summed E-state index contributed by atoms with van der Waals surface area (Å²) in [6.45, 7) is 4.28. The average molecular weight is 165 g/mol. The Morgan fingerprint density at radius 2 is 2.17 bits per heavy atom. The van der Waals surface area contributed by atoms with Gasteiger partial charge in [-0.3, -0.25) is 4.98 Å². The Morgan fingerprint density at radius 3 is 2.58 bits per heavy atom. The zero-order valence-corrected chi connectivity index (χ0v) is 7.82. The molecule has 1 rings (SSSR count). The lowest BCUT2D eigenvalue weighted by atomic mass is 10.0. The predicted molar refractivity (Wildman–Crippen MR) is 48.8 cm³/mol. The van der Waals surface area contributed by atoms with E-state index in [1.54, 1.807) is 13.3 Å². The van der Waals surface area contributed by atoms with Crippen LogP contribution in [0.25, 0.3) is 0 Å². The van der Waals surface area contributed by atoms with Crippen molar-refractivity contribution in [3.63, 3.8) is 0 Å². The van der Waals surface area contributed by atoms with Crippen molar-refractivity contribution in [1.29, 1.82) is 0 Å². The molecule has 0 fully saturated rings. The minimum absolute atomic E-state index is 0.165. The summed E-state index contributed by atoms with van der Waals surface area (Å²) < 4.78 is 5.36. The zero-order valence-electron chi connectivity index (χ0n) is 7.82. The lowest BCUT2D eigenvalue weighted by molar-refractivity contribution is 0.0644. The number of rotatable bonds is 3. The maximum Gasteiger partial charge on any atom is 0.0858 e. The number of aromatic nitrogens is 1. The normalized spacial score (nSPS) is 13.3. The number of hydrogen-bond donors (Lipinski definition) is 0. The van der Waals surface area contributed by atoms with Gasteiger partial charge >= 0.3 is 0 Å². The van der Waals surface area contributed by atoms with Crippen molar-refractivity contribution >= 4 is 0 Å². The summed E-state index contributed by atoms with van der Waals surface area (Å²) in [4.78, 5) is 4.06. The van der Waals surface area contributed by atoms with E-state index in [1.807, 2.05) is 18.3 Å². The zero-order chi connectivity index (χ0) is 8.97. The van der Waals surface area contributed by atoms with Gasteiger partial charge in [-0.2, -0.15) is 0 Å². The summed E-state index contributed by atoms with van der Waals surface area (Å²) in [6, 6.07) is 3.98. The molecule has 1 aromatic rings. The van der Waals surface area contributed by atoms with Gasteiger partial charge in [0.25, 0.3) is 0 Å². The molecule has 1 aromatic heterocycles. The maximum atomic E-state index is 5.36. The van der Waals surface area contributed by atoms with Crippen LogP contribution in [0.1, 0.15) is 25.5 Å². The monoisotopic (exact) mass is 165 g/mol. The first kappa shape index (κ1) is 9.20. The SMILES string of the molecule is COC(c1cccnc1)C(C)C. The van der Waals surface area contributed by atoms with Gasteiger partial charge in [-0.25, -0.2) is 0 Å². The van der Waals surface area contributed by atoms with Crippen LogP contribution >= 0.6 is 0 Å². The lowest BCUT2D eigenvalue weighted by Crippen LogP contribution is -2.08. The van der Waals surface area contributed by atoms with Gasteiger partial charge in [-0.05, 0) is 17.5 Å². The van der Waals surface area contributed by atoms with Crippen LogP contribution in [0.15, 0.2) is 24.5 Å². The quantitative estimate of drug-likeness (QED) is 0.686. The van der Waals surface area contributed by atoms with E-state index in [-0.39, 0.29) is 6.10 Å². The first-order valence-corrected chi connectivity index (χ1v) is 4.18. The van der Waals surface area contributed by atoms with E-state index in [4.69, 9.17) is 4.74 Å². The molecule has 0 saturated carbocycles. The molecule has 0 aliphatic carbocycles. The third-order valence-electron chi connectivity index (χ3n) is 1.87. The topological polar surface area (TPSA) is 22.1 Å². The molecule has 0 aliphatic rings. The van der Waals surface area contributed by atoms with Crippen LogP contribution in [-0.2, 0) is 4.74 Å². The van der Waals surface area contributed by atoms with Crippen LogP contribution in [0, 0.1) is 5.92 Å². The van der Waals surface area contributed by atoms with Crippen molar-refractivity contribution in [3.8, 4) is 0 Å². The minimum Gasteiger partial charge on any atom is -0.376 e. The van der Waals surface area contributed by atoms with Crippen LogP contribution in [0.5, 0.6) is 0 Å². The van der Waals surface area contributed by atoms with E-state index in [0.29, 0.717) is 5.92 Å². The second kappa shape index (κ2) is 4.21. The van der Waals surface area contributed by atoms with E-state index in [9.17, 15) is 0 Å². The molecular weight excluding hydrogens is 150 g/mol. The maximum absolute atomic E-state index is 5.36. The van der Waals surface area contributed by atoms with Crippen molar-refractivity contribution in [2.75, 3.05) is 7.11 Å². The molecule has 2 nitrogen and oxygen atoms in total. The third-order valence-corrected chi connectivity index (χ3v) is 1.87. The van der Waals surface area contributed by atoms with Crippen LogP contribution in [0.2, 0.25) is 0 Å². The second-order valence-corrected chi connectivity index (χ2v) is 3.19. The molecule has 0 bridgehead atoms. The number of methoxy groups -OCH3 is 1. The minimum atomic E-state index is 0.165. The fourth-order valence-corrected chi connectivity index (χ4v) is 1.34. The van der Waals surface area contributed by atoms with Gasteiger partial charge < -0.3 is 4.74 Å². The fourth-order valence-electron chi connectivity index (χ4n) is 1.34.